The fourth-order valence-corrected chi connectivity index (χ4v) is 5.14. The molecule has 2 amide bonds. The minimum absolute atomic E-state index is 0.00769. The molecule has 0 aromatic heterocycles. The maximum atomic E-state index is 12.8. The lowest BCUT2D eigenvalue weighted by atomic mass is 10.1. The number of halogens is 2. The van der Waals surface area contributed by atoms with Crippen LogP contribution in [-0.4, -0.2) is 39.1 Å². The molecule has 3 rings (SSSR count). The third-order valence-corrected chi connectivity index (χ3v) is 6.95. The highest BCUT2D eigenvalue weighted by molar-refractivity contribution is 7.94. The lowest BCUT2D eigenvalue weighted by Gasteiger charge is -2.17. The van der Waals surface area contributed by atoms with E-state index in [4.69, 9.17) is 23.2 Å². The zero-order valence-electron chi connectivity index (χ0n) is 15.8. The largest absolute Gasteiger partial charge is 0.465 e. The number of carbonyl (C=O) groups excluding carboxylic acids is 3. The Balaban J connectivity index is 1.96. The molecule has 0 spiro atoms. The van der Waals surface area contributed by atoms with Crippen molar-refractivity contribution in [2.75, 3.05) is 22.5 Å². The highest BCUT2D eigenvalue weighted by atomic mass is 35.5. The van der Waals surface area contributed by atoms with Crippen molar-refractivity contribution in [3.8, 4) is 0 Å². The van der Waals surface area contributed by atoms with Crippen molar-refractivity contribution in [2.24, 2.45) is 5.92 Å². The van der Waals surface area contributed by atoms with Crippen LogP contribution in [0.3, 0.4) is 0 Å². The number of nitrogens with one attached hydrogen (secondary N) is 1. The van der Waals surface area contributed by atoms with Crippen LogP contribution >= 0.6 is 23.2 Å². The number of sulfonamides is 1. The lowest BCUT2D eigenvalue weighted by molar-refractivity contribution is -0.119. The Hall–Kier alpha value is -2.62. The average molecular weight is 471 g/mol. The molecule has 2 aromatic rings. The number of carbonyl (C=O) groups is 3. The van der Waals surface area contributed by atoms with Crippen LogP contribution in [0, 0.1) is 5.92 Å². The molecule has 1 unspecified atom stereocenters. The summed E-state index contributed by atoms with van der Waals surface area (Å²) in [7, 11) is -2.62. The van der Waals surface area contributed by atoms with Crippen molar-refractivity contribution in [3.05, 3.63) is 57.6 Å². The van der Waals surface area contributed by atoms with Gasteiger partial charge in [-0.2, -0.15) is 0 Å². The highest BCUT2D eigenvalue weighted by Gasteiger charge is 2.42. The Kier molecular flexibility index (Phi) is 6.07. The number of rotatable bonds is 4. The zero-order valence-corrected chi connectivity index (χ0v) is 18.1. The second-order valence-electron chi connectivity index (χ2n) is 6.59. The fraction of sp³-hybridized carbons (Fsp3) is 0.211. The van der Waals surface area contributed by atoms with E-state index in [9.17, 15) is 22.8 Å². The number of methoxy groups -OCH3 is 1. The molecule has 1 atom stereocenters. The van der Waals surface area contributed by atoms with Crippen LogP contribution in [0.1, 0.15) is 27.6 Å². The van der Waals surface area contributed by atoms with Crippen molar-refractivity contribution in [2.45, 2.75) is 6.92 Å². The van der Waals surface area contributed by atoms with Crippen LogP contribution in [0.5, 0.6) is 0 Å². The monoisotopic (exact) mass is 470 g/mol. The van der Waals surface area contributed by atoms with Crippen LogP contribution in [0.15, 0.2) is 36.4 Å². The first kappa shape index (κ1) is 22.1. The molecule has 30 heavy (non-hydrogen) atoms. The van der Waals surface area contributed by atoms with Crippen LogP contribution in [0.2, 0.25) is 10.0 Å². The molecule has 1 N–H and O–H groups in total. The summed E-state index contributed by atoms with van der Waals surface area (Å²) in [6.45, 7) is 1.51. The van der Waals surface area contributed by atoms with Gasteiger partial charge in [0, 0.05) is 0 Å². The lowest BCUT2D eigenvalue weighted by Crippen LogP contribution is -2.30. The molecule has 1 fully saturated rings. The maximum Gasteiger partial charge on any atom is 0.337 e. The van der Waals surface area contributed by atoms with E-state index in [-0.39, 0.29) is 38.3 Å². The molecule has 1 saturated heterocycles. The van der Waals surface area contributed by atoms with Gasteiger partial charge in [0.1, 0.15) is 0 Å². The van der Waals surface area contributed by atoms with Crippen molar-refractivity contribution in [1.82, 2.24) is 0 Å². The first-order valence-corrected chi connectivity index (χ1v) is 11.0. The summed E-state index contributed by atoms with van der Waals surface area (Å²) in [6.07, 6.45) is 0. The van der Waals surface area contributed by atoms with Crippen molar-refractivity contribution in [3.63, 3.8) is 0 Å². The van der Waals surface area contributed by atoms with Gasteiger partial charge in [0.15, 0.2) is 0 Å². The van der Waals surface area contributed by atoms with Crippen molar-refractivity contribution in [1.29, 1.82) is 0 Å². The maximum absolute atomic E-state index is 12.8. The summed E-state index contributed by atoms with van der Waals surface area (Å²) < 4.78 is 30.0. The standard InChI is InChI=1S/C19H16Cl2N2O6S/c1-10-9-30(27,28)23(18(10)25)12-4-6-14(20)13(8-12)17(24)22-16-7-11(19(26)29-2)3-5-15(16)21/h3-8,10H,9H2,1-2H3,(H,22,24). The minimum atomic E-state index is -3.84. The highest BCUT2D eigenvalue weighted by Crippen LogP contribution is 2.32. The molecule has 0 radical (unpaired) electrons. The number of hydrogen-bond acceptors (Lipinski definition) is 6. The Morgan fingerprint density at radius 3 is 2.40 bits per heavy atom. The first-order valence-electron chi connectivity index (χ1n) is 8.60. The van der Waals surface area contributed by atoms with Gasteiger partial charge in [-0.05, 0) is 36.4 Å². The van der Waals surface area contributed by atoms with Crippen molar-refractivity contribution < 1.29 is 27.5 Å². The van der Waals surface area contributed by atoms with Gasteiger partial charge < -0.3 is 10.1 Å². The zero-order chi connectivity index (χ0) is 22.2. The van der Waals surface area contributed by atoms with E-state index in [0.29, 0.717) is 4.31 Å². The Morgan fingerprint density at radius 1 is 1.13 bits per heavy atom. The van der Waals surface area contributed by atoms with Gasteiger partial charge in [-0.3, -0.25) is 9.59 Å². The summed E-state index contributed by atoms with van der Waals surface area (Å²) in [6, 6.07) is 8.06. The Morgan fingerprint density at radius 2 is 1.80 bits per heavy atom. The molecule has 158 valence electrons. The minimum Gasteiger partial charge on any atom is -0.465 e. The van der Waals surface area contributed by atoms with Gasteiger partial charge >= 0.3 is 5.97 Å². The smallest absolute Gasteiger partial charge is 0.337 e. The third kappa shape index (κ3) is 4.14. The predicted molar refractivity (Wildman–Crippen MR) is 113 cm³/mol. The number of amides is 2. The molecule has 1 aliphatic rings. The van der Waals surface area contributed by atoms with E-state index < -0.39 is 33.7 Å². The summed E-state index contributed by atoms with van der Waals surface area (Å²) >= 11 is 12.2. The Labute approximate surface area is 182 Å². The van der Waals surface area contributed by atoms with Crippen molar-refractivity contribution >= 4 is 62.4 Å². The molecule has 1 aliphatic heterocycles. The van der Waals surface area contributed by atoms with Gasteiger partial charge in [0.05, 0.1) is 51.3 Å². The number of anilines is 2. The molecular formula is C19H16Cl2N2O6S. The first-order chi connectivity index (χ1) is 14.0. The Bertz CT molecular complexity index is 1170. The molecule has 0 bridgehead atoms. The van der Waals surface area contributed by atoms with E-state index in [1.54, 1.807) is 0 Å². The van der Waals surface area contributed by atoms with Gasteiger partial charge in [0.25, 0.3) is 5.91 Å². The number of ether oxygens (including phenoxy) is 1. The van der Waals surface area contributed by atoms with E-state index in [1.165, 1.54) is 50.4 Å². The van der Waals surface area contributed by atoms with E-state index in [0.717, 1.165) is 0 Å². The van der Waals surface area contributed by atoms with Gasteiger partial charge in [0.2, 0.25) is 15.9 Å². The second-order valence-corrected chi connectivity index (χ2v) is 9.26. The quantitative estimate of drug-likeness (QED) is 0.685. The topological polar surface area (TPSA) is 110 Å². The number of nitrogens with zero attached hydrogens (tertiary/aromatic N) is 1. The second kappa shape index (κ2) is 8.25. The SMILES string of the molecule is COC(=O)c1ccc(Cl)c(NC(=O)c2cc(N3C(=O)C(C)CS3(=O)=O)ccc2Cl)c1. The van der Waals surface area contributed by atoms with Gasteiger partial charge in [-0.1, -0.05) is 30.1 Å². The summed E-state index contributed by atoms with van der Waals surface area (Å²) in [4.78, 5) is 36.8. The average Bonchev–Trinajstić information content (AvgIpc) is 2.90. The summed E-state index contributed by atoms with van der Waals surface area (Å²) in [5.74, 6) is -2.91. The van der Waals surface area contributed by atoms with Crippen LogP contribution in [-0.2, 0) is 19.6 Å². The number of esters is 1. The molecule has 11 heteroatoms. The van der Waals surface area contributed by atoms with Gasteiger partial charge in [-0.15, -0.1) is 0 Å². The van der Waals surface area contributed by atoms with E-state index >= 15 is 0 Å². The molecule has 2 aromatic carbocycles. The van der Waals surface area contributed by atoms with E-state index in [1.807, 2.05) is 0 Å². The molecule has 1 heterocycles. The van der Waals surface area contributed by atoms with E-state index in [2.05, 4.69) is 10.1 Å². The molecule has 8 nitrogen and oxygen atoms in total. The normalized spacial score (nSPS) is 17.7. The number of hydrogen-bond donors (Lipinski definition) is 1. The van der Waals surface area contributed by atoms with Gasteiger partial charge in [-0.25, -0.2) is 17.5 Å². The third-order valence-electron chi connectivity index (χ3n) is 4.43. The summed E-state index contributed by atoms with van der Waals surface area (Å²) in [5, 5.41) is 2.73. The van der Waals surface area contributed by atoms with Crippen LogP contribution in [0.25, 0.3) is 0 Å². The summed E-state index contributed by atoms with van der Waals surface area (Å²) in [5.41, 5.74) is 0.230. The molecule has 0 aliphatic carbocycles. The molecule has 0 saturated carbocycles. The molecular weight excluding hydrogens is 455 g/mol. The predicted octanol–water partition coefficient (Wildman–Crippen LogP) is 3.34. The number of benzene rings is 2. The van der Waals surface area contributed by atoms with Crippen LogP contribution in [0.4, 0.5) is 11.4 Å². The van der Waals surface area contributed by atoms with Crippen LogP contribution < -0.4 is 9.62 Å². The fourth-order valence-electron chi connectivity index (χ4n) is 2.96.